The van der Waals surface area contributed by atoms with Crippen molar-refractivity contribution in [2.45, 2.75) is 31.8 Å². The van der Waals surface area contributed by atoms with Gasteiger partial charge in [-0.3, -0.25) is 14.4 Å². The molecule has 0 saturated carbocycles. The van der Waals surface area contributed by atoms with Gasteiger partial charge in [0.2, 0.25) is 0 Å². The van der Waals surface area contributed by atoms with Crippen molar-refractivity contribution in [3.8, 4) is 0 Å². The number of carbonyl (C=O) groups is 1. The Labute approximate surface area is 159 Å². The number of amides is 1. The van der Waals surface area contributed by atoms with Crippen LogP contribution in [0, 0.1) is 0 Å². The zero-order valence-corrected chi connectivity index (χ0v) is 16.0. The molecule has 1 aromatic carbocycles. The smallest absolute Gasteiger partial charge is 0.274 e. The molecular formula is C20H27N5O2. The Morgan fingerprint density at radius 3 is 2.70 bits per heavy atom. The Morgan fingerprint density at radius 2 is 2.00 bits per heavy atom. The summed E-state index contributed by atoms with van der Waals surface area (Å²) in [6, 6.07) is 12.3. The maximum atomic E-state index is 12.9. The minimum absolute atomic E-state index is 0.0208. The van der Waals surface area contributed by atoms with Gasteiger partial charge in [0, 0.05) is 32.7 Å². The molecule has 2 aromatic rings. The van der Waals surface area contributed by atoms with Crippen molar-refractivity contribution in [1.82, 2.24) is 24.5 Å². The first kappa shape index (κ1) is 18.2. The molecule has 4 rings (SSSR count). The molecule has 1 aromatic heterocycles. The van der Waals surface area contributed by atoms with Crippen LogP contribution in [-0.2, 0) is 19.6 Å². The van der Waals surface area contributed by atoms with Crippen LogP contribution in [0.1, 0.15) is 21.7 Å². The van der Waals surface area contributed by atoms with E-state index in [-0.39, 0.29) is 11.9 Å². The number of β-amino-alcohol motifs (C(OH)–C–C–N with tert-alkyl or cyclic N) is 1. The molecule has 0 bridgehead atoms. The standard InChI is InChI=1S/C20H27N5O2/c1-22(2)18-13-24(14-19(18)26)20(27)17-10-16-12-23(8-9-25(16)21-17)11-15-6-4-3-5-7-15/h3-7,10,18-19,26H,8-9,11-14H2,1-2H3/t18-,19-/m0/s1. The van der Waals surface area contributed by atoms with Crippen LogP contribution in [0.5, 0.6) is 0 Å². The molecule has 1 amide bonds. The molecule has 1 fully saturated rings. The number of likely N-dealkylation sites (tertiary alicyclic amines) is 1. The van der Waals surface area contributed by atoms with Crippen LogP contribution in [-0.4, -0.2) is 81.4 Å². The molecule has 0 radical (unpaired) electrons. The van der Waals surface area contributed by atoms with Gasteiger partial charge in [-0.05, 0) is 25.7 Å². The van der Waals surface area contributed by atoms with E-state index in [1.807, 2.05) is 35.8 Å². The minimum atomic E-state index is -0.512. The van der Waals surface area contributed by atoms with Crippen LogP contribution < -0.4 is 0 Å². The van der Waals surface area contributed by atoms with Gasteiger partial charge in [-0.2, -0.15) is 5.10 Å². The number of rotatable bonds is 4. The number of hydrogen-bond acceptors (Lipinski definition) is 5. The van der Waals surface area contributed by atoms with Gasteiger partial charge in [-0.25, -0.2) is 0 Å². The number of fused-ring (bicyclic) bond motifs is 1. The van der Waals surface area contributed by atoms with Crippen LogP contribution in [0.2, 0.25) is 0 Å². The van der Waals surface area contributed by atoms with Crippen molar-refractivity contribution in [1.29, 1.82) is 0 Å². The van der Waals surface area contributed by atoms with E-state index in [1.54, 1.807) is 4.90 Å². The molecule has 3 heterocycles. The Balaban J connectivity index is 1.43. The molecule has 1 N–H and O–H groups in total. The van der Waals surface area contributed by atoms with E-state index in [0.29, 0.717) is 18.8 Å². The number of hydrogen-bond donors (Lipinski definition) is 1. The maximum Gasteiger partial charge on any atom is 0.274 e. The maximum absolute atomic E-state index is 12.9. The quantitative estimate of drug-likeness (QED) is 0.857. The van der Waals surface area contributed by atoms with Gasteiger partial charge in [0.15, 0.2) is 5.69 Å². The van der Waals surface area contributed by atoms with E-state index >= 15 is 0 Å². The molecule has 0 aliphatic carbocycles. The third-order valence-electron chi connectivity index (χ3n) is 5.55. The highest BCUT2D eigenvalue weighted by Crippen LogP contribution is 2.20. The normalized spacial score (nSPS) is 23.0. The third-order valence-corrected chi connectivity index (χ3v) is 5.55. The van der Waals surface area contributed by atoms with Gasteiger partial charge >= 0.3 is 0 Å². The summed E-state index contributed by atoms with van der Waals surface area (Å²) in [5, 5.41) is 14.7. The Morgan fingerprint density at radius 1 is 1.22 bits per heavy atom. The molecule has 7 nitrogen and oxygen atoms in total. The van der Waals surface area contributed by atoms with Crippen molar-refractivity contribution in [2.24, 2.45) is 0 Å². The van der Waals surface area contributed by atoms with Gasteiger partial charge in [0.05, 0.1) is 24.4 Å². The van der Waals surface area contributed by atoms with Crippen LogP contribution >= 0.6 is 0 Å². The molecule has 1 saturated heterocycles. The molecule has 2 aliphatic rings. The van der Waals surface area contributed by atoms with E-state index in [2.05, 4.69) is 34.3 Å². The van der Waals surface area contributed by atoms with E-state index < -0.39 is 6.10 Å². The number of aliphatic hydroxyl groups excluding tert-OH is 1. The summed E-state index contributed by atoms with van der Waals surface area (Å²) in [6.45, 7) is 4.30. The lowest BCUT2D eigenvalue weighted by molar-refractivity contribution is 0.0757. The number of aliphatic hydroxyl groups is 1. The molecule has 144 valence electrons. The van der Waals surface area contributed by atoms with Gasteiger partial charge in [-0.1, -0.05) is 30.3 Å². The molecule has 0 spiro atoms. The number of likely N-dealkylation sites (N-methyl/N-ethyl adjacent to an activating group) is 1. The highest BCUT2D eigenvalue weighted by atomic mass is 16.3. The van der Waals surface area contributed by atoms with E-state index in [9.17, 15) is 9.90 Å². The summed E-state index contributed by atoms with van der Waals surface area (Å²) in [4.78, 5) is 18.9. The monoisotopic (exact) mass is 369 g/mol. The summed E-state index contributed by atoms with van der Waals surface area (Å²) in [5.41, 5.74) is 2.85. The lowest BCUT2D eigenvalue weighted by atomic mass is 10.2. The average molecular weight is 369 g/mol. The summed E-state index contributed by atoms with van der Waals surface area (Å²) in [6.07, 6.45) is -0.512. The second-order valence-corrected chi connectivity index (χ2v) is 7.75. The summed E-state index contributed by atoms with van der Waals surface area (Å²) in [5.74, 6) is -0.0880. The zero-order valence-electron chi connectivity index (χ0n) is 16.0. The molecule has 7 heteroatoms. The van der Waals surface area contributed by atoms with Gasteiger partial charge in [0.1, 0.15) is 0 Å². The first-order chi connectivity index (χ1) is 13.0. The fourth-order valence-corrected chi connectivity index (χ4v) is 4.01. The average Bonchev–Trinajstić information content (AvgIpc) is 3.25. The van der Waals surface area contributed by atoms with E-state index in [4.69, 9.17) is 0 Å². The molecule has 27 heavy (non-hydrogen) atoms. The lowest BCUT2D eigenvalue weighted by Crippen LogP contribution is -2.38. The van der Waals surface area contributed by atoms with Crippen molar-refractivity contribution < 1.29 is 9.90 Å². The first-order valence-corrected chi connectivity index (χ1v) is 9.48. The number of aromatic nitrogens is 2. The molecule has 2 atom stereocenters. The van der Waals surface area contributed by atoms with E-state index in [0.717, 1.165) is 31.9 Å². The van der Waals surface area contributed by atoms with Crippen molar-refractivity contribution in [2.75, 3.05) is 33.7 Å². The summed E-state index contributed by atoms with van der Waals surface area (Å²) >= 11 is 0. The number of benzene rings is 1. The van der Waals surface area contributed by atoms with Crippen molar-refractivity contribution in [3.63, 3.8) is 0 Å². The third kappa shape index (κ3) is 3.76. The summed E-state index contributed by atoms with van der Waals surface area (Å²) in [7, 11) is 3.86. The second kappa shape index (κ2) is 7.42. The Hall–Kier alpha value is -2.22. The van der Waals surface area contributed by atoms with Crippen LogP contribution in [0.15, 0.2) is 36.4 Å². The molecular weight excluding hydrogens is 342 g/mol. The summed E-state index contributed by atoms with van der Waals surface area (Å²) < 4.78 is 1.95. The van der Waals surface area contributed by atoms with E-state index in [1.165, 1.54) is 5.56 Å². The minimum Gasteiger partial charge on any atom is -0.390 e. The zero-order chi connectivity index (χ0) is 19.0. The fraction of sp³-hybridized carbons (Fsp3) is 0.500. The number of carbonyl (C=O) groups excluding carboxylic acids is 1. The Kier molecular flexibility index (Phi) is 4.99. The van der Waals surface area contributed by atoms with Crippen LogP contribution in [0.25, 0.3) is 0 Å². The van der Waals surface area contributed by atoms with Gasteiger partial charge in [0.25, 0.3) is 5.91 Å². The second-order valence-electron chi connectivity index (χ2n) is 7.75. The SMILES string of the molecule is CN(C)[C@H]1CN(C(=O)c2cc3n(n2)CCN(Cc2ccccc2)C3)C[C@@H]1O. The predicted octanol–water partition coefficient (Wildman–Crippen LogP) is 0.646. The first-order valence-electron chi connectivity index (χ1n) is 9.48. The predicted molar refractivity (Wildman–Crippen MR) is 102 cm³/mol. The Bertz CT molecular complexity index is 804. The van der Waals surface area contributed by atoms with Crippen LogP contribution in [0.4, 0.5) is 0 Å². The largest absolute Gasteiger partial charge is 0.390 e. The fourth-order valence-electron chi connectivity index (χ4n) is 4.01. The number of nitrogens with zero attached hydrogens (tertiary/aromatic N) is 5. The van der Waals surface area contributed by atoms with Gasteiger partial charge < -0.3 is 14.9 Å². The van der Waals surface area contributed by atoms with Gasteiger partial charge in [-0.15, -0.1) is 0 Å². The lowest BCUT2D eigenvalue weighted by Gasteiger charge is -2.27. The topological polar surface area (TPSA) is 64.8 Å². The van der Waals surface area contributed by atoms with Crippen molar-refractivity contribution in [3.05, 3.63) is 53.3 Å². The molecule has 0 unspecified atom stereocenters. The highest BCUT2D eigenvalue weighted by Gasteiger charge is 2.36. The molecule has 2 aliphatic heterocycles. The van der Waals surface area contributed by atoms with Crippen molar-refractivity contribution >= 4 is 5.91 Å². The highest BCUT2D eigenvalue weighted by molar-refractivity contribution is 5.92. The van der Waals surface area contributed by atoms with Crippen LogP contribution in [0.3, 0.4) is 0 Å².